The molecule has 0 radical (unpaired) electrons. The van der Waals surface area contributed by atoms with Crippen LogP contribution in [0.1, 0.15) is 18.0 Å². The normalized spacial score (nSPS) is 20.4. The van der Waals surface area contributed by atoms with Crippen molar-refractivity contribution in [3.8, 4) is 0 Å². The summed E-state index contributed by atoms with van der Waals surface area (Å²) >= 11 is 0. The molecule has 3 rings (SSSR count). The van der Waals surface area contributed by atoms with E-state index in [1.165, 1.54) is 4.31 Å². The van der Waals surface area contributed by atoms with Gasteiger partial charge < -0.3 is 0 Å². The lowest BCUT2D eigenvalue weighted by molar-refractivity contribution is 0.402. The van der Waals surface area contributed by atoms with Gasteiger partial charge >= 0.3 is 0 Å². The van der Waals surface area contributed by atoms with Crippen LogP contribution in [0.4, 0.5) is 0 Å². The Morgan fingerprint density at radius 2 is 1.80 bits per heavy atom. The van der Waals surface area contributed by atoms with E-state index in [2.05, 4.69) is 10.2 Å². The highest BCUT2D eigenvalue weighted by atomic mass is 32.2. The average molecular weight is 292 g/mol. The molecule has 1 aromatic heterocycles. The molecular formula is C13H16N4O2S. The van der Waals surface area contributed by atoms with Crippen LogP contribution in [0, 0.1) is 6.92 Å². The second kappa shape index (κ2) is 4.99. The van der Waals surface area contributed by atoms with Crippen molar-refractivity contribution in [2.45, 2.75) is 24.3 Å². The van der Waals surface area contributed by atoms with Crippen molar-refractivity contribution in [3.63, 3.8) is 0 Å². The van der Waals surface area contributed by atoms with Gasteiger partial charge in [-0.25, -0.2) is 8.42 Å². The smallest absolute Gasteiger partial charge is 0.207 e. The van der Waals surface area contributed by atoms with Crippen molar-refractivity contribution in [3.05, 3.63) is 42.2 Å². The van der Waals surface area contributed by atoms with Crippen molar-refractivity contribution < 1.29 is 8.42 Å². The van der Waals surface area contributed by atoms with Crippen LogP contribution in [-0.4, -0.2) is 40.8 Å². The molecular weight excluding hydrogens is 276 g/mol. The van der Waals surface area contributed by atoms with E-state index in [9.17, 15) is 8.42 Å². The molecule has 1 saturated heterocycles. The zero-order valence-electron chi connectivity index (χ0n) is 11.2. The standard InChI is InChI=1S/C13H16N4O2S/c1-11-2-4-13(5-3-11)20(18,19)16-9-6-12(10-16)17-14-7-8-15-17/h2-5,7-8,12H,6,9-10H2,1H3. The average Bonchev–Trinajstić information content (AvgIpc) is 3.10. The Kier molecular flexibility index (Phi) is 3.31. The number of aryl methyl sites for hydroxylation is 1. The monoisotopic (exact) mass is 292 g/mol. The molecule has 7 heteroatoms. The largest absolute Gasteiger partial charge is 0.243 e. The van der Waals surface area contributed by atoms with E-state index in [0.717, 1.165) is 12.0 Å². The van der Waals surface area contributed by atoms with Crippen molar-refractivity contribution in [1.29, 1.82) is 0 Å². The highest BCUT2D eigenvalue weighted by Crippen LogP contribution is 2.26. The van der Waals surface area contributed by atoms with Crippen LogP contribution in [0.2, 0.25) is 0 Å². The van der Waals surface area contributed by atoms with Crippen molar-refractivity contribution in [1.82, 2.24) is 19.3 Å². The first-order valence-electron chi connectivity index (χ1n) is 6.50. The molecule has 0 aliphatic carbocycles. The topological polar surface area (TPSA) is 68.1 Å². The lowest BCUT2D eigenvalue weighted by Gasteiger charge is -2.16. The summed E-state index contributed by atoms with van der Waals surface area (Å²) in [5.74, 6) is 0. The third-order valence-corrected chi connectivity index (χ3v) is 5.43. The van der Waals surface area contributed by atoms with Crippen LogP contribution in [0.15, 0.2) is 41.6 Å². The zero-order chi connectivity index (χ0) is 14.2. The van der Waals surface area contributed by atoms with Gasteiger partial charge in [0.15, 0.2) is 0 Å². The SMILES string of the molecule is Cc1ccc(S(=O)(=O)N2CCC(n3nccn3)C2)cc1. The minimum absolute atomic E-state index is 0.0187. The second-order valence-corrected chi connectivity index (χ2v) is 6.91. The van der Waals surface area contributed by atoms with E-state index in [1.54, 1.807) is 29.3 Å². The lowest BCUT2D eigenvalue weighted by Crippen LogP contribution is -2.29. The van der Waals surface area contributed by atoms with Crippen LogP contribution in [-0.2, 0) is 10.0 Å². The van der Waals surface area contributed by atoms with E-state index in [4.69, 9.17) is 0 Å². The summed E-state index contributed by atoms with van der Waals surface area (Å²) in [5.41, 5.74) is 1.05. The van der Waals surface area contributed by atoms with Gasteiger partial charge in [-0.2, -0.15) is 19.3 Å². The van der Waals surface area contributed by atoms with E-state index >= 15 is 0 Å². The summed E-state index contributed by atoms with van der Waals surface area (Å²) in [6, 6.07) is 6.96. The summed E-state index contributed by atoms with van der Waals surface area (Å²) < 4.78 is 26.6. The maximum Gasteiger partial charge on any atom is 0.243 e. The number of sulfonamides is 1. The van der Waals surface area contributed by atoms with Crippen molar-refractivity contribution in [2.75, 3.05) is 13.1 Å². The number of hydrogen-bond acceptors (Lipinski definition) is 4. The second-order valence-electron chi connectivity index (χ2n) is 4.97. The first-order chi connectivity index (χ1) is 9.57. The molecule has 1 atom stereocenters. The van der Waals surface area contributed by atoms with E-state index in [-0.39, 0.29) is 6.04 Å². The number of aromatic nitrogens is 3. The van der Waals surface area contributed by atoms with Gasteiger partial charge in [-0.1, -0.05) is 17.7 Å². The molecule has 0 N–H and O–H groups in total. The molecule has 1 aliphatic rings. The molecule has 6 nitrogen and oxygen atoms in total. The van der Waals surface area contributed by atoms with E-state index in [0.29, 0.717) is 18.0 Å². The predicted octanol–water partition coefficient (Wildman–Crippen LogP) is 1.22. The van der Waals surface area contributed by atoms with Crippen LogP contribution >= 0.6 is 0 Å². The summed E-state index contributed by atoms with van der Waals surface area (Å²) in [6.07, 6.45) is 3.95. The fraction of sp³-hybridized carbons (Fsp3) is 0.385. The van der Waals surface area contributed by atoms with Gasteiger partial charge in [-0.3, -0.25) is 0 Å². The van der Waals surface area contributed by atoms with Gasteiger partial charge in [0.2, 0.25) is 10.0 Å². The molecule has 0 saturated carbocycles. The highest BCUT2D eigenvalue weighted by Gasteiger charge is 2.33. The van der Waals surface area contributed by atoms with Gasteiger partial charge in [0, 0.05) is 13.1 Å². The third kappa shape index (κ3) is 2.34. The first-order valence-corrected chi connectivity index (χ1v) is 7.94. The maximum absolute atomic E-state index is 12.5. The first kappa shape index (κ1) is 13.3. The Balaban J connectivity index is 1.81. The summed E-state index contributed by atoms with van der Waals surface area (Å²) in [6.45, 7) is 2.86. The Labute approximate surface area is 118 Å². The van der Waals surface area contributed by atoms with E-state index < -0.39 is 10.0 Å². The number of nitrogens with zero attached hydrogens (tertiary/aromatic N) is 4. The third-order valence-electron chi connectivity index (χ3n) is 3.55. The number of hydrogen-bond donors (Lipinski definition) is 0. The molecule has 20 heavy (non-hydrogen) atoms. The zero-order valence-corrected chi connectivity index (χ0v) is 12.0. The fourth-order valence-corrected chi connectivity index (χ4v) is 3.88. The molecule has 0 spiro atoms. The van der Waals surface area contributed by atoms with Crippen LogP contribution in [0.3, 0.4) is 0 Å². The predicted molar refractivity (Wildman–Crippen MR) is 73.6 cm³/mol. The molecule has 0 amide bonds. The Hall–Kier alpha value is -1.73. The molecule has 1 unspecified atom stereocenters. The molecule has 106 valence electrons. The minimum atomic E-state index is -3.42. The van der Waals surface area contributed by atoms with Gasteiger partial charge in [0.1, 0.15) is 0 Å². The molecule has 0 bridgehead atoms. The number of rotatable bonds is 3. The van der Waals surface area contributed by atoms with Gasteiger partial charge in [-0.15, -0.1) is 0 Å². The summed E-state index contributed by atoms with van der Waals surface area (Å²) in [4.78, 5) is 1.93. The molecule has 1 aromatic carbocycles. The lowest BCUT2D eigenvalue weighted by atomic mass is 10.2. The Bertz CT molecular complexity index is 680. The van der Waals surface area contributed by atoms with Crippen molar-refractivity contribution >= 4 is 10.0 Å². The van der Waals surface area contributed by atoms with Crippen LogP contribution < -0.4 is 0 Å². The Morgan fingerprint density at radius 3 is 2.45 bits per heavy atom. The van der Waals surface area contributed by atoms with Crippen molar-refractivity contribution in [2.24, 2.45) is 0 Å². The quantitative estimate of drug-likeness (QED) is 0.853. The maximum atomic E-state index is 12.5. The van der Waals surface area contributed by atoms with E-state index in [1.807, 2.05) is 19.1 Å². The molecule has 2 aromatic rings. The van der Waals surface area contributed by atoms with Crippen LogP contribution in [0.25, 0.3) is 0 Å². The van der Waals surface area contributed by atoms with Crippen LogP contribution in [0.5, 0.6) is 0 Å². The summed E-state index contributed by atoms with van der Waals surface area (Å²) in [7, 11) is -3.42. The highest BCUT2D eigenvalue weighted by molar-refractivity contribution is 7.89. The molecule has 1 fully saturated rings. The molecule has 2 heterocycles. The van der Waals surface area contributed by atoms with Gasteiger partial charge in [0.05, 0.1) is 23.3 Å². The minimum Gasteiger partial charge on any atom is -0.207 e. The fourth-order valence-electron chi connectivity index (χ4n) is 2.39. The van der Waals surface area contributed by atoms with Gasteiger partial charge in [-0.05, 0) is 25.5 Å². The number of benzene rings is 1. The van der Waals surface area contributed by atoms with Gasteiger partial charge in [0.25, 0.3) is 0 Å². The summed E-state index contributed by atoms with van der Waals surface area (Å²) in [5, 5.41) is 8.17. The Morgan fingerprint density at radius 1 is 1.15 bits per heavy atom. The molecule has 1 aliphatic heterocycles.